The molecular weight excluding hydrogens is 458 g/mol. The third kappa shape index (κ3) is 5.81. The van der Waals surface area contributed by atoms with E-state index in [-0.39, 0.29) is 29.4 Å². The van der Waals surface area contributed by atoms with Crippen molar-refractivity contribution < 1.29 is 32.2 Å². The van der Waals surface area contributed by atoms with Gasteiger partial charge in [0, 0.05) is 13.6 Å². The van der Waals surface area contributed by atoms with Gasteiger partial charge in [-0.2, -0.15) is 4.31 Å². The Balaban J connectivity index is 1.77. The average Bonchev–Trinajstić information content (AvgIpc) is 2.87. The van der Waals surface area contributed by atoms with Crippen molar-refractivity contribution in [1.29, 1.82) is 0 Å². The van der Waals surface area contributed by atoms with Crippen LogP contribution in [-0.2, 0) is 32.6 Å². The standard InChI is InChI=1S/C25H25NO7S/c1-26(16-18-7-5-4-6-8-18)34(29,30)23-15-21(13-14-22(23)31-2)25(28)33-17-19-9-11-20(12-10-19)24(27)32-3/h4-15H,16-17H2,1-3H3. The summed E-state index contributed by atoms with van der Waals surface area (Å²) < 4.78 is 42.9. The van der Waals surface area contributed by atoms with Crippen molar-refractivity contribution in [1.82, 2.24) is 4.31 Å². The molecular formula is C25H25NO7S. The summed E-state index contributed by atoms with van der Waals surface area (Å²) in [6, 6.07) is 19.7. The van der Waals surface area contributed by atoms with Crippen LogP contribution in [0.4, 0.5) is 0 Å². The molecule has 3 aromatic carbocycles. The number of nitrogens with zero attached hydrogens (tertiary/aromatic N) is 1. The molecule has 0 bridgehead atoms. The zero-order valence-corrected chi connectivity index (χ0v) is 19.9. The van der Waals surface area contributed by atoms with E-state index in [0.717, 1.165) is 5.56 Å². The first-order chi connectivity index (χ1) is 16.3. The molecule has 0 saturated carbocycles. The van der Waals surface area contributed by atoms with Gasteiger partial charge in [-0.05, 0) is 41.5 Å². The lowest BCUT2D eigenvalue weighted by atomic mass is 10.1. The summed E-state index contributed by atoms with van der Waals surface area (Å²) in [4.78, 5) is 24.0. The van der Waals surface area contributed by atoms with Crippen LogP contribution in [0.2, 0.25) is 0 Å². The quantitative estimate of drug-likeness (QED) is 0.428. The molecule has 0 heterocycles. The molecule has 0 N–H and O–H groups in total. The topological polar surface area (TPSA) is 99.2 Å². The van der Waals surface area contributed by atoms with Crippen molar-refractivity contribution in [3.05, 3.63) is 95.1 Å². The molecule has 0 fully saturated rings. The maximum absolute atomic E-state index is 13.2. The Kier molecular flexibility index (Phi) is 8.04. The number of methoxy groups -OCH3 is 2. The third-order valence-corrected chi connectivity index (χ3v) is 6.91. The van der Waals surface area contributed by atoms with E-state index in [1.807, 2.05) is 30.3 Å². The highest BCUT2D eigenvalue weighted by molar-refractivity contribution is 7.89. The SMILES string of the molecule is COC(=O)c1ccc(COC(=O)c2ccc(OC)c(S(=O)(=O)N(C)Cc3ccccc3)c2)cc1. The van der Waals surface area contributed by atoms with Gasteiger partial charge in [-0.25, -0.2) is 18.0 Å². The lowest BCUT2D eigenvalue weighted by molar-refractivity contribution is 0.0471. The monoisotopic (exact) mass is 483 g/mol. The fraction of sp³-hybridized carbons (Fsp3) is 0.200. The van der Waals surface area contributed by atoms with Gasteiger partial charge < -0.3 is 14.2 Å². The predicted molar refractivity (Wildman–Crippen MR) is 125 cm³/mol. The number of hydrogen-bond acceptors (Lipinski definition) is 7. The zero-order valence-electron chi connectivity index (χ0n) is 19.1. The van der Waals surface area contributed by atoms with Crippen LogP contribution in [0.5, 0.6) is 5.75 Å². The van der Waals surface area contributed by atoms with Crippen LogP contribution in [0, 0.1) is 0 Å². The van der Waals surface area contributed by atoms with Gasteiger partial charge in [0.2, 0.25) is 10.0 Å². The number of ether oxygens (including phenoxy) is 3. The number of esters is 2. The highest BCUT2D eigenvalue weighted by Crippen LogP contribution is 2.28. The van der Waals surface area contributed by atoms with Crippen LogP contribution in [-0.4, -0.2) is 45.9 Å². The van der Waals surface area contributed by atoms with Gasteiger partial charge in [0.1, 0.15) is 17.3 Å². The van der Waals surface area contributed by atoms with Crippen LogP contribution in [0.25, 0.3) is 0 Å². The highest BCUT2D eigenvalue weighted by atomic mass is 32.2. The Hall–Kier alpha value is -3.69. The van der Waals surface area contributed by atoms with E-state index in [9.17, 15) is 18.0 Å². The van der Waals surface area contributed by atoms with Crippen molar-refractivity contribution in [2.45, 2.75) is 18.0 Å². The average molecular weight is 484 g/mol. The number of hydrogen-bond donors (Lipinski definition) is 0. The predicted octanol–water partition coefficient (Wildman–Crippen LogP) is 3.66. The molecule has 0 unspecified atom stereocenters. The highest BCUT2D eigenvalue weighted by Gasteiger charge is 2.26. The molecule has 3 aromatic rings. The molecule has 9 heteroatoms. The van der Waals surface area contributed by atoms with Gasteiger partial charge >= 0.3 is 11.9 Å². The zero-order chi connectivity index (χ0) is 24.7. The molecule has 0 spiro atoms. The van der Waals surface area contributed by atoms with Crippen molar-refractivity contribution in [2.24, 2.45) is 0 Å². The fourth-order valence-corrected chi connectivity index (χ4v) is 4.52. The van der Waals surface area contributed by atoms with E-state index in [0.29, 0.717) is 11.1 Å². The summed E-state index contributed by atoms with van der Waals surface area (Å²) in [6.07, 6.45) is 0. The molecule has 0 aliphatic rings. The Morgan fingerprint density at radius 3 is 2.09 bits per heavy atom. The minimum atomic E-state index is -3.96. The second kappa shape index (κ2) is 11.0. The Bertz CT molecular complexity index is 1260. The summed E-state index contributed by atoms with van der Waals surface area (Å²) in [7, 11) is 0.156. The molecule has 0 atom stereocenters. The third-order valence-electron chi connectivity index (χ3n) is 5.08. The summed E-state index contributed by atoms with van der Waals surface area (Å²) in [6.45, 7) is 0.102. The van der Waals surface area contributed by atoms with E-state index in [1.165, 1.54) is 43.8 Å². The molecule has 3 rings (SSSR count). The maximum Gasteiger partial charge on any atom is 0.338 e. The summed E-state index contributed by atoms with van der Waals surface area (Å²) >= 11 is 0. The maximum atomic E-state index is 13.2. The smallest absolute Gasteiger partial charge is 0.338 e. The summed E-state index contributed by atoms with van der Waals surface area (Å²) in [5, 5.41) is 0. The number of benzene rings is 3. The van der Waals surface area contributed by atoms with Crippen LogP contribution in [0.1, 0.15) is 31.8 Å². The number of sulfonamides is 1. The second-order valence-corrected chi connectivity index (χ2v) is 9.39. The fourth-order valence-electron chi connectivity index (χ4n) is 3.19. The molecule has 0 aliphatic heterocycles. The van der Waals surface area contributed by atoms with Crippen molar-refractivity contribution in [3.8, 4) is 5.75 Å². The van der Waals surface area contributed by atoms with Gasteiger partial charge in [0.15, 0.2) is 0 Å². The van der Waals surface area contributed by atoms with Gasteiger partial charge in [-0.3, -0.25) is 0 Å². The Labute approximate surface area is 198 Å². The Morgan fingerprint density at radius 1 is 0.824 bits per heavy atom. The largest absolute Gasteiger partial charge is 0.495 e. The lowest BCUT2D eigenvalue weighted by Gasteiger charge is -2.19. The van der Waals surface area contributed by atoms with E-state index < -0.39 is 22.0 Å². The molecule has 178 valence electrons. The van der Waals surface area contributed by atoms with Crippen LogP contribution in [0.3, 0.4) is 0 Å². The van der Waals surface area contributed by atoms with Crippen molar-refractivity contribution in [3.63, 3.8) is 0 Å². The number of carbonyl (C=O) groups excluding carboxylic acids is 2. The molecule has 0 saturated heterocycles. The van der Waals surface area contributed by atoms with Crippen molar-refractivity contribution >= 4 is 22.0 Å². The van der Waals surface area contributed by atoms with Gasteiger partial charge in [-0.15, -0.1) is 0 Å². The first kappa shape index (κ1) is 24.9. The normalized spacial score (nSPS) is 11.2. The van der Waals surface area contributed by atoms with Crippen LogP contribution in [0.15, 0.2) is 77.7 Å². The van der Waals surface area contributed by atoms with Crippen LogP contribution < -0.4 is 4.74 Å². The molecule has 0 aromatic heterocycles. The van der Waals surface area contributed by atoms with E-state index in [2.05, 4.69) is 4.74 Å². The van der Waals surface area contributed by atoms with E-state index >= 15 is 0 Å². The Morgan fingerprint density at radius 2 is 1.47 bits per heavy atom. The minimum absolute atomic E-state index is 0.0533. The van der Waals surface area contributed by atoms with Crippen LogP contribution >= 0.6 is 0 Å². The van der Waals surface area contributed by atoms with Gasteiger partial charge in [0.25, 0.3) is 0 Å². The number of rotatable bonds is 9. The van der Waals surface area contributed by atoms with Crippen molar-refractivity contribution in [2.75, 3.05) is 21.3 Å². The van der Waals surface area contributed by atoms with Gasteiger partial charge in [-0.1, -0.05) is 42.5 Å². The molecule has 34 heavy (non-hydrogen) atoms. The molecule has 0 aliphatic carbocycles. The second-order valence-electron chi connectivity index (χ2n) is 7.38. The lowest BCUT2D eigenvalue weighted by Crippen LogP contribution is -2.27. The van der Waals surface area contributed by atoms with Gasteiger partial charge in [0.05, 0.1) is 25.3 Å². The number of carbonyl (C=O) groups is 2. The summed E-state index contributed by atoms with van der Waals surface area (Å²) in [5.74, 6) is -1.04. The molecule has 0 amide bonds. The molecule has 8 nitrogen and oxygen atoms in total. The van der Waals surface area contributed by atoms with E-state index in [1.54, 1.807) is 24.3 Å². The van der Waals surface area contributed by atoms with E-state index in [4.69, 9.17) is 9.47 Å². The first-order valence-electron chi connectivity index (χ1n) is 10.3. The molecule has 0 radical (unpaired) electrons. The minimum Gasteiger partial charge on any atom is -0.495 e. The first-order valence-corrected chi connectivity index (χ1v) is 11.7. The summed E-state index contributed by atoms with van der Waals surface area (Å²) in [5.41, 5.74) is 1.92.